The molecule has 1 saturated heterocycles. The summed E-state index contributed by atoms with van der Waals surface area (Å²) in [5, 5.41) is 13.4. The molecule has 0 bridgehead atoms. The molecule has 1 aliphatic heterocycles. The number of nitrogens with zero attached hydrogens (tertiary/aromatic N) is 2. The van der Waals surface area contributed by atoms with E-state index in [1.807, 2.05) is 0 Å². The zero-order valence-electron chi connectivity index (χ0n) is 18.5. The highest BCUT2D eigenvalue weighted by atomic mass is 16.5. The number of carbonyl (C=O) groups excluding carboxylic acids is 2. The second-order valence-electron chi connectivity index (χ2n) is 7.59. The highest BCUT2D eigenvalue weighted by Crippen LogP contribution is 2.38. The lowest BCUT2D eigenvalue weighted by atomic mass is 9.96. The number of hydrogen-bond acceptors (Lipinski definition) is 5. The number of ketones is 1. The van der Waals surface area contributed by atoms with E-state index in [0.29, 0.717) is 36.6 Å². The number of rotatable bonds is 10. The molecule has 1 aromatic heterocycles. The maximum Gasteiger partial charge on any atom is 0.295 e. The number of nitrogens with one attached hydrogen (secondary N) is 1. The quantitative estimate of drug-likeness (QED) is 0.258. The van der Waals surface area contributed by atoms with Crippen LogP contribution in [0.15, 0.2) is 67.0 Å². The van der Waals surface area contributed by atoms with Crippen LogP contribution in [-0.4, -0.2) is 54.4 Å². The molecular weight excluding hydrogens is 406 g/mol. The molecule has 1 unspecified atom stereocenters. The number of ether oxygens (including phenoxy) is 1. The zero-order chi connectivity index (χ0) is 23.1. The van der Waals surface area contributed by atoms with Crippen LogP contribution in [0.4, 0.5) is 0 Å². The Hall–Kier alpha value is -3.45. The van der Waals surface area contributed by atoms with E-state index in [1.54, 1.807) is 54.9 Å². The molecule has 2 aromatic rings. The largest absolute Gasteiger partial charge is 0.872 e. The molecule has 0 saturated carbocycles. The fraction of sp³-hybridized carbons (Fsp3) is 0.320. The normalized spacial score (nSPS) is 17.7. The van der Waals surface area contributed by atoms with Gasteiger partial charge in [-0.25, -0.2) is 0 Å². The SMILES string of the molecule is C=CCOc1ccc(/C([O-])=C2\C(=O)C(=O)N(CC[NH+](CC)CC)C2c2cccnc2)cc1. The first kappa shape index (κ1) is 23.2. The van der Waals surface area contributed by atoms with Gasteiger partial charge in [0.15, 0.2) is 0 Å². The second kappa shape index (κ2) is 10.7. The van der Waals surface area contributed by atoms with Crippen molar-refractivity contribution < 1.29 is 24.3 Å². The number of hydrogen-bond donors (Lipinski definition) is 1. The lowest BCUT2D eigenvalue weighted by Gasteiger charge is -2.28. The summed E-state index contributed by atoms with van der Waals surface area (Å²) in [6, 6.07) is 9.33. The number of amides is 1. The van der Waals surface area contributed by atoms with Gasteiger partial charge in [0.05, 0.1) is 32.2 Å². The topological polar surface area (TPSA) is 87.0 Å². The highest BCUT2D eigenvalue weighted by molar-refractivity contribution is 6.46. The van der Waals surface area contributed by atoms with Crippen LogP contribution in [0.1, 0.15) is 31.0 Å². The van der Waals surface area contributed by atoms with E-state index in [2.05, 4.69) is 25.4 Å². The van der Waals surface area contributed by atoms with Crippen molar-refractivity contribution in [1.82, 2.24) is 9.88 Å². The van der Waals surface area contributed by atoms with Crippen molar-refractivity contribution in [2.45, 2.75) is 19.9 Å². The molecule has 3 rings (SSSR count). The molecule has 1 N–H and O–H groups in total. The molecule has 32 heavy (non-hydrogen) atoms. The third-order valence-corrected chi connectivity index (χ3v) is 5.72. The Balaban J connectivity index is 2.00. The lowest BCUT2D eigenvalue weighted by Crippen LogP contribution is -3.12. The van der Waals surface area contributed by atoms with E-state index in [9.17, 15) is 14.7 Å². The minimum absolute atomic E-state index is 0.0303. The van der Waals surface area contributed by atoms with Crippen LogP contribution < -0.4 is 14.7 Å². The summed E-state index contributed by atoms with van der Waals surface area (Å²) in [5.41, 5.74) is 0.949. The molecule has 0 spiro atoms. The summed E-state index contributed by atoms with van der Waals surface area (Å²) < 4.78 is 5.46. The van der Waals surface area contributed by atoms with Gasteiger partial charge >= 0.3 is 0 Å². The van der Waals surface area contributed by atoms with E-state index in [0.717, 1.165) is 13.1 Å². The molecule has 1 amide bonds. The first-order valence-corrected chi connectivity index (χ1v) is 10.9. The Morgan fingerprint density at radius 2 is 1.94 bits per heavy atom. The molecule has 1 fully saturated rings. The number of carbonyl (C=O) groups is 2. The Morgan fingerprint density at radius 1 is 1.22 bits per heavy atom. The highest BCUT2D eigenvalue weighted by Gasteiger charge is 2.44. The van der Waals surface area contributed by atoms with Crippen molar-refractivity contribution in [1.29, 1.82) is 0 Å². The van der Waals surface area contributed by atoms with Crippen LogP contribution in [0, 0.1) is 0 Å². The minimum Gasteiger partial charge on any atom is -0.872 e. The van der Waals surface area contributed by atoms with Crippen molar-refractivity contribution in [2.75, 3.05) is 32.8 Å². The van der Waals surface area contributed by atoms with Crippen molar-refractivity contribution in [3.8, 4) is 5.75 Å². The van der Waals surface area contributed by atoms with Crippen molar-refractivity contribution in [3.05, 3.63) is 78.1 Å². The van der Waals surface area contributed by atoms with Crippen LogP contribution in [0.5, 0.6) is 5.75 Å². The van der Waals surface area contributed by atoms with Gasteiger partial charge in [0.2, 0.25) is 5.78 Å². The van der Waals surface area contributed by atoms with Crippen molar-refractivity contribution in [3.63, 3.8) is 0 Å². The first-order valence-electron chi connectivity index (χ1n) is 10.9. The van der Waals surface area contributed by atoms with Gasteiger partial charge in [-0.2, -0.15) is 0 Å². The predicted molar refractivity (Wildman–Crippen MR) is 120 cm³/mol. The van der Waals surface area contributed by atoms with Gasteiger partial charge < -0.3 is 19.6 Å². The number of Topliss-reactive ketones (excluding diaryl/α,β-unsaturated/α-hetero) is 1. The van der Waals surface area contributed by atoms with Crippen LogP contribution in [0.3, 0.4) is 0 Å². The molecule has 1 aliphatic rings. The van der Waals surface area contributed by atoms with Gasteiger partial charge in [-0.05, 0) is 43.2 Å². The summed E-state index contributed by atoms with van der Waals surface area (Å²) in [7, 11) is 0. The summed E-state index contributed by atoms with van der Waals surface area (Å²) >= 11 is 0. The zero-order valence-corrected chi connectivity index (χ0v) is 18.5. The number of likely N-dealkylation sites (tertiary alicyclic amines) is 1. The monoisotopic (exact) mass is 435 g/mol. The number of aromatic nitrogens is 1. The van der Waals surface area contributed by atoms with Crippen molar-refractivity contribution in [2.24, 2.45) is 0 Å². The van der Waals surface area contributed by atoms with E-state index < -0.39 is 23.5 Å². The van der Waals surface area contributed by atoms with Crippen LogP contribution in [0.25, 0.3) is 5.76 Å². The third kappa shape index (κ3) is 4.89. The average molecular weight is 436 g/mol. The van der Waals surface area contributed by atoms with Gasteiger partial charge in [-0.15, -0.1) is 0 Å². The summed E-state index contributed by atoms with van der Waals surface area (Å²) in [6.45, 7) is 11.0. The van der Waals surface area contributed by atoms with E-state index in [-0.39, 0.29) is 5.57 Å². The van der Waals surface area contributed by atoms with Gasteiger partial charge in [0, 0.05) is 18.0 Å². The number of quaternary nitrogens is 1. The molecule has 7 heteroatoms. The molecule has 0 aliphatic carbocycles. The van der Waals surface area contributed by atoms with Gasteiger partial charge in [-0.1, -0.05) is 36.6 Å². The Morgan fingerprint density at radius 3 is 2.53 bits per heavy atom. The second-order valence-corrected chi connectivity index (χ2v) is 7.59. The number of pyridine rings is 1. The molecule has 0 radical (unpaired) electrons. The summed E-state index contributed by atoms with van der Waals surface area (Å²) in [5.74, 6) is -1.25. The lowest BCUT2D eigenvalue weighted by molar-refractivity contribution is -0.895. The van der Waals surface area contributed by atoms with E-state index in [4.69, 9.17) is 4.74 Å². The van der Waals surface area contributed by atoms with Gasteiger partial charge in [0.1, 0.15) is 12.4 Å². The minimum atomic E-state index is -0.747. The smallest absolute Gasteiger partial charge is 0.295 e. The molecule has 1 atom stereocenters. The number of benzene rings is 1. The van der Waals surface area contributed by atoms with E-state index >= 15 is 0 Å². The maximum absolute atomic E-state index is 13.4. The van der Waals surface area contributed by atoms with Crippen LogP contribution in [0.2, 0.25) is 0 Å². The van der Waals surface area contributed by atoms with Crippen LogP contribution in [-0.2, 0) is 9.59 Å². The van der Waals surface area contributed by atoms with Crippen molar-refractivity contribution >= 4 is 17.4 Å². The fourth-order valence-electron chi connectivity index (χ4n) is 3.88. The number of likely N-dealkylation sites (N-methyl/N-ethyl adjacent to an activating group) is 1. The molecule has 1 aromatic carbocycles. The van der Waals surface area contributed by atoms with Crippen LogP contribution >= 0.6 is 0 Å². The summed E-state index contributed by atoms with van der Waals surface area (Å²) in [4.78, 5) is 32.9. The molecule has 2 heterocycles. The summed E-state index contributed by atoms with van der Waals surface area (Å²) in [6.07, 6.45) is 4.86. The van der Waals surface area contributed by atoms with Gasteiger partial charge in [-0.3, -0.25) is 14.6 Å². The Labute approximate surface area is 188 Å². The predicted octanol–water partition coefficient (Wildman–Crippen LogP) is 0.795. The van der Waals surface area contributed by atoms with Gasteiger partial charge in [0.25, 0.3) is 5.91 Å². The van der Waals surface area contributed by atoms with E-state index in [1.165, 1.54) is 9.80 Å². The molecular formula is C25H29N3O4. The average Bonchev–Trinajstić information content (AvgIpc) is 3.08. The third-order valence-electron chi connectivity index (χ3n) is 5.72. The Kier molecular flexibility index (Phi) is 7.78. The Bertz CT molecular complexity index is 982. The maximum atomic E-state index is 13.4. The fourth-order valence-corrected chi connectivity index (χ4v) is 3.88. The first-order chi connectivity index (χ1) is 15.5. The molecule has 168 valence electrons. The molecule has 7 nitrogen and oxygen atoms in total. The standard InChI is InChI=1S/C25H29N3O4/c1-4-16-32-20-11-9-18(10-12-20)23(29)21-22(19-8-7-13-26-17-19)28(25(31)24(21)30)15-14-27(5-2)6-3/h4,7-13,17,22,29H,1,5-6,14-16H2,2-3H3/b23-21+.